The predicted molar refractivity (Wildman–Crippen MR) is 77.2 cm³/mol. The Morgan fingerprint density at radius 1 is 1.17 bits per heavy atom. The van der Waals surface area contributed by atoms with Crippen LogP contribution in [-0.4, -0.2) is 43.7 Å². The third-order valence-corrected chi connectivity index (χ3v) is 2.70. The lowest BCUT2D eigenvalue weighted by atomic mass is 10.2. The van der Waals surface area contributed by atoms with Gasteiger partial charge in [-0.1, -0.05) is 13.8 Å². The molecule has 1 heterocycles. The van der Waals surface area contributed by atoms with E-state index in [1.54, 1.807) is 0 Å². The lowest BCUT2D eigenvalue weighted by molar-refractivity contribution is 0.633. The summed E-state index contributed by atoms with van der Waals surface area (Å²) in [5, 5.41) is 0. The van der Waals surface area contributed by atoms with Gasteiger partial charge in [0.1, 0.15) is 17.5 Å². The SMILES string of the molecule is Cc1nc(N(C)CCN)cc(N(C)CC(C)C)n1. The van der Waals surface area contributed by atoms with Gasteiger partial charge in [0.15, 0.2) is 0 Å². The highest BCUT2D eigenvalue weighted by atomic mass is 15.2. The number of anilines is 2. The van der Waals surface area contributed by atoms with E-state index < -0.39 is 0 Å². The quantitative estimate of drug-likeness (QED) is 0.825. The highest BCUT2D eigenvalue weighted by Gasteiger charge is 2.10. The van der Waals surface area contributed by atoms with E-state index in [1.165, 1.54) is 0 Å². The fourth-order valence-corrected chi connectivity index (χ4v) is 1.88. The number of rotatable bonds is 6. The molecule has 5 heteroatoms. The minimum Gasteiger partial charge on any atom is -0.359 e. The van der Waals surface area contributed by atoms with Crippen molar-refractivity contribution in [1.82, 2.24) is 9.97 Å². The van der Waals surface area contributed by atoms with Gasteiger partial charge in [0.05, 0.1) is 0 Å². The number of nitrogens with zero attached hydrogens (tertiary/aromatic N) is 4. The molecule has 0 aliphatic rings. The first-order chi connectivity index (χ1) is 8.43. The second kappa shape index (κ2) is 6.54. The Kier molecular flexibility index (Phi) is 5.34. The average molecular weight is 251 g/mol. The normalized spacial score (nSPS) is 10.8. The number of nitrogens with two attached hydrogens (primary N) is 1. The van der Waals surface area contributed by atoms with Gasteiger partial charge in [-0.2, -0.15) is 0 Å². The summed E-state index contributed by atoms with van der Waals surface area (Å²) in [6.07, 6.45) is 0. The van der Waals surface area contributed by atoms with Gasteiger partial charge in [-0.25, -0.2) is 9.97 Å². The van der Waals surface area contributed by atoms with Crippen LogP contribution in [0.15, 0.2) is 6.07 Å². The van der Waals surface area contributed by atoms with Crippen LogP contribution >= 0.6 is 0 Å². The van der Waals surface area contributed by atoms with Gasteiger partial charge in [0, 0.05) is 39.8 Å². The van der Waals surface area contributed by atoms with Gasteiger partial charge >= 0.3 is 0 Å². The summed E-state index contributed by atoms with van der Waals surface area (Å²) in [4.78, 5) is 13.2. The van der Waals surface area contributed by atoms with E-state index in [-0.39, 0.29) is 0 Å². The molecule has 1 rings (SSSR count). The molecule has 0 saturated carbocycles. The summed E-state index contributed by atoms with van der Waals surface area (Å²) in [5.41, 5.74) is 5.57. The van der Waals surface area contributed by atoms with Crippen molar-refractivity contribution in [2.45, 2.75) is 20.8 Å². The van der Waals surface area contributed by atoms with Gasteiger partial charge in [-0.05, 0) is 12.8 Å². The van der Waals surface area contributed by atoms with Crippen molar-refractivity contribution >= 4 is 11.6 Å². The van der Waals surface area contributed by atoms with Crippen molar-refractivity contribution in [1.29, 1.82) is 0 Å². The Bertz CT molecular complexity index is 378. The van der Waals surface area contributed by atoms with Crippen LogP contribution < -0.4 is 15.5 Å². The lowest BCUT2D eigenvalue weighted by Gasteiger charge is -2.23. The first-order valence-electron chi connectivity index (χ1n) is 6.42. The number of aromatic nitrogens is 2. The highest BCUT2D eigenvalue weighted by molar-refractivity contribution is 5.50. The fourth-order valence-electron chi connectivity index (χ4n) is 1.88. The predicted octanol–water partition coefficient (Wildman–Crippen LogP) is 1.27. The molecule has 0 bridgehead atoms. The van der Waals surface area contributed by atoms with Crippen molar-refractivity contribution < 1.29 is 0 Å². The monoisotopic (exact) mass is 251 g/mol. The highest BCUT2D eigenvalue weighted by Crippen LogP contribution is 2.18. The Morgan fingerprint density at radius 2 is 1.72 bits per heavy atom. The van der Waals surface area contributed by atoms with Gasteiger partial charge < -0.3 is 15.5 Å². The minimum atomic E-state index is 0.607. The molecule has 0 atom stereocenters. The Hall–Kier alpha value is -1.36. The fraction of sp³-hybridized carbons (Fsp3) is 0.692. The molecule has 0 amide bonds. The Balaban J connectivity index is 2.93. The number of hydrogen-bond acceptors (Lipinski definition) is 5. The molecular formula is C13H25N5. The maximum Gasteiger partial charge on any atom is 0.134 e. The van der Waals surface area contributed by atoms with E-state index in [9.17, 15) is 0 Å². The molecule has 102 valence electrons. The van der Waals surface area contributed by atoms with Crippen LogP contribution in [0.5, 0.6) is 0 Å². The third kappa shape index (κ3) is 4.14. The van der Waals surface area contributed by atoms with Crippen LogP contribution in [-0.2, 0) is 0 Å². The summed E-state index contributed by atoms with van der Waals surface area (Å²) < 4.78 is 0. The number of likely N-dealkylation sites (N-methyl/N-ethyl adjacent to an activating group) is 1. The molecule has 0 radical (unpaired) electrons. The standard InChI is InChI=1S/C13H25N5/c1-10(2)9-18(5)13-8-12(15-11(3)16-13)17(4)7-6-14/h8,10H,6-7,9,14H2,1-5H3. The molecule has 0 fully saturated rings. The van der Waals surface area contributed by atoms with Crippen molar-refractivity contribution in [3.05, 3.63) is 11.9 Å². The molecule has 1 aromatic rings. The van der Waals surface area contributed by atoms with E-state index in [1.807, 2.05) is 20.0 Å². The lowest BCUT2D eigenvalue weighted by Crippen LogP contribution is -2.28. The molecule has 0 spiro atoms. The van der Waals surface area contributed by atoms with Crippen LogP contribution in [0.1, 0.15) is 19.7 Å². The van der Waals surface area contributed by atoms with Crippen molar-refractivity contribution in [3.63, 3.8) is 0 Å². The zero-order valence-corrected chi connectivity index (χ0v) is 12.1. The van der Waals surface area contributed by atoms with Gasteiger partial charge in [-0.15, -0.1) is 0 Å². The van der Waals surface area contributed by atoms with Crippen LogP contribution in [0.4, 0.5) is 11.6 Å². The molecule has 0 aromatic carbocycles. The van der Waals surface area contributed by atoms with E-state index in [4.69, 9.17) is 5.73 Å². The van der Waals surface area contributed by atoms with E-state index in [2.05, 4.69) is 40.7 Å². The van der Waals surface area contributed by atoms with Gasteiger partial charge in [0.2, 0.25) is 0 Å². The zero-order chi connectivity index (χ0) is 13.7. The first-order valence-corrected chi connectivity index (χ1v) is 6.42. The van der Waals surface area contributed by atoms with Crippen LogP contribution in [0.25, 0.3) is 0 Å². The maximum atomic E-state index is 5.57. The smallest absolute Gasteiger partial charge is 0.134 e. The molecule has 1 aromatic heterocycles. The summed E-state index contributed by atoms with van der Waals surface area (Å²) in [7, 11) is 4.06. The topological polar surface area (TPSA) is 58.3 Å². The summed E-state index contributed by atoms with van der Waals surface area (Å²) in [6.45, 7) is 8.72. The maximum absolute atomic E-state index is 5.57. The van der Waals surface area contributed by atoms with E-state index >= 15 is 0 Å². The molecule has 0 aliphatic carbocycles. The van der Waals surface area contributed by atoms with Crippen molar-refractivity contribution in [2.75, 3.05) is 43.5 Å². The molecule has 2 N–H and O–H groups in total. The first kappa shape index (κ1) is 14.7. The zero-order valence-electron chi connectivity index (χ0n) is 12.1. The van der Waals surface area contributed by atoms with E-state index in [0.717, 1.165) is 30.5 Å². The van der Waals surface area contributed by atoms with Crippen LogP contribution in [0.2, 0.25) is 0 Å². The second-order valence-corrected chi connectivity index (χ2v) is 5.12. The molecule has 0 unspecified atom stereocenters. The summed E-state index contributed by atoms with van der Waals surface area (Å²) in [5.74, 6) is 3.30. The van der Waals surface area contributed by atoms with Crippen molar-refractivity contribution in [3.8, 4) is 0 Å². The Morgan fingerprint density at radius 3 is 2.22 bits per heavy atom. The molecular weight excluding hydrogens is 226 g/mol. The van der Waals surface area contributed by atoms with E-state index in [0.29, 0.717) is 12.5 Å². The summed E-state index contributed by atoms with van der Waals surface area (Å²) >= 11 is 0. The van der Waals surface area contributed by atoms with Crippen LogP contribution in [0, 0.1) is 12.8 Å². The second-order valence-electron chi connectivity index (χ2n) is 5.12. The molecule has 18 heavy (non-hydrogen) atoms. The molecule has 0 saturated heterocycles. The van der Waals surface area contributed by atoms with Gasteiger partial charge in [0.25, 0.3) is 0 Å². The summed E-state index contributed by atoms with van der Waals surface area (Å²) in [6, 6.07) is 2.02. The average Bonchev–Trinajstić information content (AvgIpc) is 2.27. The largest absolute Gasteiger partial charge is 0.359 e. The molecule has 0 aliphatic heterocycles. The number of hydrogen-bond donors (Lipinski definition) is 1. The molecule has 5 nitrogen and oxygen atoms in total. The van der Waals surface area contributed by atoms with Crippen LogP contribution in [0.3, 0.4) is 0 Å². The third-order valence-electron chi connectivity index (χ3n) is 2.70. The minimum absolute atomic E-state index is 0.607. The van der Waals surface area contributed by atoms with Crippen molar-refractivity contribution in [2.24, 2.45) is 11.7 Å². The Labute approximate surface area is 110 Å². The number of aryl methyl sites for hydroxylation is 1. The van der Waals surface area contributed by atoms with Gasteiger partial charge in [-0.3, -0.25) is 0 Å².